The van der Waals surface area contributed by atoms with Gasteiger partial charge in [0, 0.05) is 5.02 Å². The minimum absolute atomic E-state index is 0.225. The van der Waals surface area contributed by atoms with Gasteiger partial charge >= 0.3 is 5.97 Å². The van der Waals surface area contributed by atoms with Gasteiger partial charge in [-0.25, -0.2) is 4.79 Å². The van der Waals surface area contributed by atoms with Crippen LogP contribution in [0.2, 0.25) is 5.02 Å². The van der Waals surface area contributed by atoms with Crippen molar-refractivity contribution >= 4 is 63.5 Å². The molecular weight excluding hydrogens is 494 g/mol. The second-order valence-electron chi connectivity index (χ2n) is 7.02. The summed E-state index contributed by atoms with van der Waals surface area (Å²) in [5.41, 5.74) is 1.71. The fourth-order valence-corrected chi connectivity index (χ4v) is 4.60. The lowest BCUT2D eigenvalue weighted by atomic mass is 10.1. The third-order valence-electron chi connectivity index (χ3n) is 4.89. The van der Waals surface area contributed by atoms with Crippen LogP contribution in [0.15, 0.2) is 71.6 Å². The minimum atomic E-state index is -0.539. The van der Waals surface area contributed by atoms with Crippen LogP contribution < -0.4 is 19.1 Å². The van der Waals surface area contributed by atoms with Crippen LogP contribution in [-0.4, -0.2) is 30.4 Å². The molecule has 0 bridgehead atoms. The second kappa shape index (κ2) is 10.3. The van der Waals surface area contributed by atoms with Crippen LogP contribution in [-0.2, 0) is 4.79 Å². The smallest absolute Gasteiger partial charge is 0.343 e. The summed E-state index contributed by atoms with van der Waals surface area (Å²) in [4.78, 5) is 27.4. The van der Waals surface area contributed by atoms with Gasteiger partial charge in [0.15, 0.2) is 15.8 Å². The van der Waals surface area contributed by atoms with Gasteiger partial charge in [0.2, 0.25) is 0 Å². The largest absolute Gasteiger partial charge is 0.497 e. The van der Waals surface area contributed by atoms with Gasteiger partial charge in [-0.1, -0.05) is 41.6 Å². The zero-order valence-corrected chi connectivity index (χ0v) is 20.5. The van der Waals surface area contributed by atoms with Gasteiger partial charge < -0.3 is 14.2 Å². The Balaban J connectivity index is 1.54. The number of thiocarbonyl (C=S) groups is 1. The van der Waals surface area contributed by atoms with Crippen molar-refractivity contribution in [2.24, 2.45) is 0 Å². The maximum atomic E-state index is 13.0. The summed E-state index contributed by atoms with van der Waals surface area (Å²) in [5.74, 6) is 0.529. The van der Waals surface area contributed by atoms with Gasteiger partial charge in [-0.3, -0.25) is 9.69 Å². The molecule has 0 aromatic heterocycles. The van der Waals surface area contributed by atoms with Crippen molar-refractivity contribution in [2.45, 2.75) is 0 Å². The lowest BCUT2D eigenvalue weighted by molar-refractivity contribution is -0.113. The Kier molecular flexibility index (Phi) is 7.21. The molecule has 0 saturated carbocycles. The molecule has 34 heavy (non-hydrogen) atoms. The van der Waals surface area contributed by atoms with E-state index in [4.69, 9.17) is 38.0 Å². The predicted molar refractivity (Wildman–Crippen MR) is 138 cm³/mol. The van der Waals surface area contributed by atoms with E-state index in [1.807, 2.05) is 0 Å². The Labute approximate surface area is 211 Å². The standard InChI is InChI=1S/C25H18ClNO5S2/c1-30-19-10-8-18(9-11-19)27-23(28)22(34-25(27)33)14-15-3-12-20(21(13-15)31-2)32-24(29)16-4-6-17(26)7-5-16/h3-14H,1-2H3/b22-14+. The number of hydrogen-bond acceptors (Lipinski definition) is 7. The molecular formula is C25H18ClNO5S2. The third kappa shape index (κ3) is 5.09. The average molecular weight is 512 g/mol. The maximum absolute atomic E-state index is 13.0. The maximum Gasteiger partial charge on any atom is 0.343 e. The molecule has 0 spiro atoms. The lowest BCUT2D eigenvalue weighted by Gasteiger charge is -2.14. The quantitative estimate of drug-likeness (QED) is 0.174. The van der Waals surface area contributed by atoms with Crippen molar-refractivity contribution in [1.82, 2.24) is 0 Å². The van der Waals surface area contributed by atoms with E-state index in [9.17, 15) is 9.59 Å². The van der Waals surface area contributed by atoms with Gasteiger partial charge in [0.05, 0.1) is 30.4 Å². The Morgan fingerprint density at radius 2 is 1.68 bits per heavy atom. The van der Waals surface area contributed by atoms with E-state index in [1.54, 1.807) is 79.9 Å². The van der Waals surface area contributed by atoms with Gasteiger partial charge in [-0.05, 0) is 72.3 Å². The van der Waals surface area contributed by atoms with E-state index < -0.39 is 5.97 Å². The summed E-state index contributed by atoms with van der Waals surface area (Å²) >= 11 is 12.5. The summed E-state index contributed by atoms with van der Waals surface area (Å²) in [6.45, 7) is 0. The number of esters is 1. The van der Waals surface area contributed by atoms with Gasteiger partial charge in [-0.15, -0.1) is 0 Å². The topological polar surface area (TPSA) is 65.1 Å². The van der Waals surface area contributed by atoms with Crippen LogP contribution in [0, 0.1) is 0 Å². The highest BCUT2D eigenvalue weighted by molar-refractivity contribution is 8.27. The molecule has 1 saturated heterocycles. The number of halogens is 1. The first kappa shape index (κ1) is 23.8. The van der Waals surface area contributed by atoms with E-state index in [-0.39, 0.29) is 11.7 Å². The zero-order chi connectivity index (χ0) is 24.2. The molecule has 0 N–H and O–H groups in total. The van der Waals surface area contributed by atoms with Crippen LogP contribution in [0.3, 0.4) is 0 Å². The van der Waals surface area contributed by atoms with E-state index in [0.29, 0.717) is 42.6 Å². The second-order valence-corrected chi connectivity index (χ2v) is 9.13. The summed E-state index contributed by atoms with van der Waals surface area (Å²) in [7, 11) is 3.05. The third-order valence-corrected chi connectivity index (χ3v) is 6.45. The first-order valence-electron chi connectivity index (χ1n) is 9.97. The molecule has 1 amide bonds. The number of amides is 1. The number of thioether (sulfide) groups is 1. The van der Waals surface area contributed by atoms with E-state index >= 15 is 0 Å². The first-order chi connectivity index (χ1) is 16.4. The monoisotopic (exact) mass is 511 g/mol. The average Bonchev–Trinajstić information content (AvgIpc) is 3.12. The van der Waals surface area contributed by atoms with Crippen LogP contribution in [0.5, 0.6) is 17.2 Å². The fraction of sp³-hybridized carbons (Fsp3) is 0.0800. The van der Waals surface area contributed by atoms with E-state index in [0.717, 1.165) is 0 Å². The fourth-order valence-electron chi connectivity index (χ4n) is 3.18. The number of methoxy groups -OCH3 is 2. The van der Waals surface area contributed by atoms with Gasteiger partial charge in [0.1, 0.15) is 5.75 Å². The highest BCUT2D eigenvalue weighted by Crippen LogP contribution is 2.37. The molecule has 0 radical (unpaired) electrons. The van der Waals surface area contributed by atoms with Gasteiger partial charge in [0.25, 0.3) is 5.91 Å². The highest BCUT2D eigenvalue weighted by atomic mass is 35.5. The molecule has 0 aliphatic carbocycles. The van der Waals surface area contributed by atoms with Crippen molar-refractivity contribution in [3.63, 3.8) is 0 Å². The molecule has 172 valence electrons. The Morgan fingerprint density at radius 3 is 2.32 bits per heavy atom. The van der Waals surface area contributed by atoms with Crippen molar-refractivity contribution in [1.29, 1.82) is 0 Å². The first-order valence-corrected chi connectivity index (χ1v) is 11.6. The molecule has 4 rings (SSSR count). The molecule has 1 aliphatic rings. The number of anilines is 1. The number of rotatable bonds is 6. The molecule has 0 atom stereocenters. The summed E-state index contributed by atoms with van der Waals surface area (Å²) in [6, 6.07) is 18.5. The number of nitrogens with zero attached hydrogens (tertiary/aromatic N) is 1. The van der Waals surface area contributed by atoms with Gasteiger partial charge in [-0.2, -0.15) is 0 Å². The molecule has 1 heterocycles. The number of carbonyl (C=O) groups excluding carboxylic acids is 2. The SMILES string of the molecule is COc1ccc(N2C(=O)/C(=C\c3ccc(OC(=O)c4ccc(Cl)cc4)c(OC)c3)SC2=S)cc1. The molecule has 6 nitrogen and oxygen atoms in total. The molecule has 3 aromatic rings. The minimum Gasteiger partial charge on any atom is -0.497 e. The molecule has 0 unspecified atom stereocenters. The van der Waals surface area contributed by atoms with E-state index in [2.05, 4.69) is 0 Å². The summed E-state index contributed by atoms with van der Waals surface area (Å²) < 4.78 is 16.5. The Hall–Kier alpha value is -3.33. The van der Waals surface area contributed by atoms with Crippen LogP contribution in [0.1, 0.15) is 15.9 Å². The summed E-state index contributed by atoms with van der Waals surface area (Å²) in [6.07, 6.45) is 1.72. The number of carbonyl (C=O) groups is 2. The van der Waals surface area contributed by atoms with Crippen LogP contribution >= 0.6 is 35.6 Å². The normalized spacial score (nSPS) is 14.4. The Morgan fingerprint density at radius 1 is 0.971 bits per heavy atom. The molecule has 9 heteroatoms. The molecule has 3 aromatic carbocycles. The van der Waals surface area contributed by atoms with Crippen molar-refractivity contribution in [2.75, 3.05) is 19.1 Å². The molecule has 1 fully saturated rings. The Bertz CT molecular complexity index is 1290. The van der Waals surface area contributed by atoms with Crippen molar-refractivity contribution in [3.8, 4) is 17.2 Å². The highest BCUT2D eigenvalue weighted by Gasteiger charge is 2.33. The van der Waals surface area contributed by atoms with Crippen LogP contribution in [0.25, 0.3) is 6.08 Å². The zero-order valence-electron chi connectivity index (χ0n) is 18.1. The van der Waals surface area contributed by atoms with Crippen LogP contribution in [0.4, 0.5) is 5.69 Å². The molecule has 1 aliphatic heterocycles. The van der Waals surface area contributed by atoms with E-state index in [1.165, 1.54) is 23.8 Å². The number of hydrogen-bond donors (Lipinski definition) is 0. The lowest BCUT2D eigenvalue weighted by Crippen LogP contribution is -2.27. The van der Waals surface area contributed by atoms with Crippen molar-refractivity contribution < 1.29 is 23.8 Å². The number of ether oxygens (including phenoxy) is 3. The summed E-state index contributed by atoms with van der Waals surface area (Å²) in [5, 5.41) is 0.524. The number of benzene rings is 3. The van der Waals surface area contributed by atoms with Crippen molar-refractivity contribution in [3.05, 3.63) is 87.8 Å². The predicted octanol–water partition coefficient (Wildman–Crippen LogP) is 5.98.